The third kappa shape index (κ3) is 9.47. The number of hydrogen-bond acceptors (Lipinski definition) is 0. The van der Waals surface area contributed by atoms with E-state index < -0.39 is 6.18 Å². The topological polar surface area (TPSA) is 0 Å². The highest BCUT2D eigenvalue weighted by atomic mass is 19.4. The third-order valence-corrected chi connectivity index (χ3v) is 4.07. The normalized spacial score (nSPS) is 12.6. The van der Waals surface area contributed by atoms with E-state index in [0.717, 1.165) is 38.5 Å². The van der Waals surface area contributed by atoms with E-state index >= 15 is 0 Å². The summed E-state index contributed by atoms with van der Waals surface area (Å²) in [4.78, 5) is 0. The molecule has 0 aliphatic carbocycles. The Morgan fingerprint density at radius 2 is 1.57 bits per heavy atom. The second-order valence-corrected chi connectivity index (χ2v) is 6.12. The van der Waals surface area contributed by atoms with Crippen LogP contribution in [-0.4, -0.2) is 6.18 Å². The number of unbranched alkanes of at least 4 members (excludes halogenated alkanes) is 6. The van der Waals surface area contributed by atoms with Gasteiger partial charge in [0.1, 0.15) is 0 Å². The lowest BCUT2D eigenvalue weighted by Crippen LogP contribution is -2.12. The van der Waals surface area contributed by atoms with E-state index in [1.165, 1.54) is 18.1 Å². The average Bonchev–Trinajstić information content (AvgIpc) is 2.52. The highest BCUT2D eigenvalue weighted by molar-refractivity contribution is 5.15. The number of aryl methyl sites for hydroxylation is 1. The van der Waals surface area contributed by atoms with Crippen LogP contribution in [0.3, 0.4) is 0 Å². The molecule has 0 nitrogen and oxygen atoms in total. The number of allylic oxidation sites excluding steroid dienone is 2. The lowest BCUT2D eigenvalue weighted by molar-refractivity contribution is -0.0944. The molecule has 1 rings (SSSR count). The first-order chi connectivity index (χ1) is 11.0. The number of hydrogen-bond donors (Lipinski definition) is 0. The molecule has 0 saturated carbocycles. The third-order valence-electron chi connectivity index (χ3n) is 4.07. The molecule has 0 spiro atoms. The van der Waals surface area contributed by atoms with Crippen molar-refractivity contribution in [2.24, 2.45) is 0 Å². The monoisotopic (exact) mass is 326 g/mol. The number of rotatable bonds is 11. The predicted molar refractivity (Wildman–Crippen MR) is 91.5 cm³/mol. The minimum atomic E-state index is -4.17. The molecule has 0 atom stereocenters. The second kappa shape index (κ2) is 11.3. The van der Waals surface area contributed by atoms with Gasteiger partial charge in [-0.05, 0) is 37.7 Å². The average molecular weight is 326 g/mol. The zero-order valence-electron chi connectivity index (χ0n) is 14.2. The molecular formula is C20H29F3. The predicted octanol–water partition coefficient (Wildman–Crippen LogP) is 7.25. The molecule has 0 radical (unpaired) electrons. The molecule has 0 aromatic heterocycles. The van der Waals surface area contributed by atoms with E-state index in [1.54, 1.807) is 0 Å². The van der Waals surface area contributed by atoms with Crippen LogP contribution in [0.4, 0.5) is 13.2 Å². The van der Waals surface area contributed by atoms with E-state index in [4.69, 9.17) is 0 Å². The summed E-state index contributed by atoms with van der Waals surface area (Å²) < 4.78 is 39.1. The van der Waals surface area contributed by atoms with Crippen molar-refractivity contribution in [2.75, 3.05) is 0 Å². The van der Waals surface area contributed by atoms with Crippen molar-refractivity contribution in [2.45, 2.75) is 77.3 Å². The highest BCUT2D eigenvalue weighted by Crippen LogP contribution is 2.30. The Morgan fingerprint density at radius 3 is 2.22 bits per heavy atom. The molecule has 130 valence electrons. The van der Waals surface area contributed by atoms with Gasteiger partial charge in [0.25, 0.3) is 0 Å². The molecular weight excluding hydrogens is 297 g/mol. The van der Waals surface area contributed by atoms with Gasteiger partial charge in [-0.1, -0.05) is 75.4 Å². The summed E-state index contributed by atoms with van der Waals surface area (Å²) in [6.45, 7) is 2.14. The molecule has 0 unspecified atom stereocenters. The fraction of sp³-hybridized carbons (Fsp3) is 0.600. The first-order valence-corrected chi connectivity index (χ1v) is 8.84. The molecule has 1 aromatic carbocycles. The maximum Gasteiger partial charge on any atom is 0.412 e. The van der Waals surface area contributed by atoms with Crippen LogP contribution in [0.1, 0.15) is 70.3 Å². The summed E-state index contributed by atoms with van der Waals surface area (Å²) in [5, 5.41) is 0. The van der Waals surface area contributed by atoms with Crippen molar-refractivity contribution in [1.82, 2.24) is 0 Å². The summed E-state index contributed by atoms with van der Waals surface area (Å²) in [7, 11) is 0. The second-order valence-electron chi connectivity index (χ2n) is 6.12. The minimum Gasteiger partial charge on any atom is -0.166 e. The number of halogens is 3. The smallest absolute Gasteiger partial charge is 0.166 e. The highest BCUT2D eigenvalue weighted by Gasteiger charge is 2.32. The molecule has 23 heavy (non-hydrogen) atoms. The van der Waals surface area contributed by atoms with E-state index in [2.05, 4.69) is 6.92 Å². The van der Waals surface area contributed by atoms with Crippen LogP contribution in [-0.2, 0) is 6.42 Å². The van der Waals surface area contributed by atoms with Gasteiger partial charge in [0, 0.05) is 5.57 Å². The van der Waals surface area contributed by atoms with E-state index in [1.807, 2.05) is 30.3 Å². The molecule has 3 heteroatoms. The molecule has 0 saturated heterocycles. The number of alkyl halides is 3. The van der Waals surface area contributed by atoms with Crippen LogP contribution in [0, 0.1) is 0 Å². The first-order valence-electron chi connectivity index (χ1n) is 8.84. The maximum atomic E-state index is 13.0. The largest absolute Gasteiger partial charge is 0.412 e. The summed E-state index contributed by atoms with van der Waals surface area (Å²) in [5.41, 5.74) is 0.853. The van der Waals surface area contributed by atoms with E-state index in [-0.39, 0.29) is 12.0 Å². The van der Waals surface area contributed by atoms with Gasteiger partial charge in [0.05, 0.1) is 0 Å². The van der Waals surface area contributed by atoms with Crippen molar-refractivity contribution in [3.05, 3.63) is 47.5 Å². The summed E-state index contributed by atoms with van der Waals surface area (Å²) >= 11 is 0. The summed E-state index contributed by atoms with van der Waals surface area (Å²) in [5.74, 6) is 0. The molecule has 0 amide bonds. The van der Waals surface area contributed by atoms with Crippen LogP contribution < -0.4 is 0 Å². The quantitative estimate of drug-likeness (QED) is 0.297. The van der Waals surface area contributed by atoms with Gasteiger partial charge in [0.15, 0.2) is 0 Å². The van der Waals surface area contributed by atoms with Crippen LogP contribution in [0.25, 0.3) is 0 Å². The van der Waals surface area contributed by atoms with Crippen LogP contribution in [0.15, 0.2) is 42.0 Å². The SMILES string of the molecule is CCCCCCCCC(=CCCCc1ccccc1)C(F)(F)F. The fourth-order valence-corrected chi connectivity index (χ4v) is 2.68. The Bertz CT molecular complexity index is 432. The van der Waals surface area contributed by atoms with Crippen molar-refractivity contribution >= 4 is 0 Å². The van der Waals surface area contributed by atoms with Gasteiger partial charge in [-0.3, -0.25) is 0 Å². The van der Waals surface area contributed by atoms with Gasteiger partial charge >= 0.3 is 6.18 Å². The zero-order valence-corrected chi connectivity index (χ0v) is 14.2. The standard InChI is InChI=1S/C20H29F3/c1-2-3-4-5-6-10-16-19(20(21,22)23)17-12-11-15-18-13-8-7-9-14-18/h7-9,13-14,17H,2-6,10-12,15-16H2,1H3. The minimum absolute atomic E-state index is 0.168. The molecule has 0 aliphatic rings. The van der Waals surface area contributed by atoms with Gasteiger partial charge in [0.2, 0.25) is 0 Å². The van der Waals surface area contributed by atoms with Crippen LogP contribution in [0.5, 0.6) is 0 Å². The van der Waals surface area contributed by atoms with Crippen molar-refractivity contribution in [3.8, 4) is 0 Å². The summed E-state index contributed by atoms with van der Waals surface area (Å²) in [6.07, 6.45) is 5.58. The summed E-state index contributed by atoms with van der Waals surface area (Å²) in [6, 6.07) is 9.91. The molecule has 0 fully saturated rings. The van der Waals surface area contributed by atoms with Crippen LogP contribution in [0.2, 0.25) is 0 Å². The van der Waals surface area contributed by atoms with Gasteiger partial charge in [-0.15, -0.1) is 0 Å². The van der Waals surface area contributed by atoms with Gasteiger partial charge in [-0.2, -0.15) is 13.2 Å². The van der Waals surface area contributed by atoms with Gasteiger partial charge in [-0.25, -0.2) is 0 Å². The van der Waals surface area contributed by atoms with E-state index in [0.29, 0.717) is 12.8 Å². The zero-order chi connectivity index (χ0) is 17.0. The Hall–Kier alpha value is -1.25. The lowest BCUT2D eigenvalue weighted by Gasteiger charge is -2.12. The molecule has 0 N–H and O–H groups in total. The lowest BCUT2D eigenvalue weighted by atomic mass is 10.0. The van der Waals surface area contributed by atoms with Crippen molar-refractivity contribution < 1.29 is 13.2 Å². The Morgan fingerprint density at radius 1 is 0.913 bits per heavy atom. The molecule has 0 bridgehead atoms. The maximum absolute atomic E-state index is 13.0. The molecule has 0 aliphatic heterocycles. The fourth-order valence-electron chi connectivity index (χ4n) is 2.68. The number of benzene rings is 1. The Kier molecular flexibility index (Phi) is 9.74. The van der Waals surface area contributed by atoms with Crippen molar-refractivity contribution in [1.29, 1.82) is 0 Å². The molecule has 1 aromatic rings. The van der Waals surface area contributed by atoms with E-state index in [9.17, 15) is 13.2 Å². The van der Waals surface area contributed by atoms with Crippen molar-refractivity contribution in [3.63, 3.8) is 0 Å². The van der Waals surface area contributed by atoms with Crippen LogP contribution >= 0.6 is 0 Å². The molecule has 0 heterocycles. The Labute approximate surface area is 138 Å². The Balaban J connectivity index is 2.32. The van der Waals surface area contributed by atoms with Gasteiger partial charge < -0.3 is 0 Å². The first kappa shape index (κ1) is 19.8.